The molecule has 0 radical (unpaired) electrons. The third-order valence-electron chi connectivity index (χ3n) is 14.6. The molecule has 9 aromatic rings. The van der Waals surface area contributed by atoms with Crippen LogP contribution in [0.2, 0.25) is 0 Å². The van der Waals surface area contributed by atoms with Crippen molar-refractivity contribution in [1.82, 2.24) is 4.57 Å². The van der Waals surface area contributed by atoms with Crippen LogP contribution < -0.4 is 15.7 Å². The summed E-state index contributed by atoms with van der Waals surface area (Å²) < 4.78 is 9.15. The van der Waals surface area contributed by atoms with Gasteiger partial charge in [-0.2, -0.15) is 0 Å². The number of hydrogen-bond donors (Lipinski definition) is 0. The lowest BCUT2D eigenvalue weighted by Crippen LogP contribution is -2.60. The van der Waals surface area contributed by atoms with E-state index in [-0.39, 0.29) is 28.5 Å². The van der Waals surface area contributed by atoms with Crippen LogP contribution in [0.3, 0.4) is 0 Å². The molecule has 2 aliphatic heterocycles. The summed E-state index contributed by atoms with van der Waals surface area (Å²) in [6, 6.07) is 47.1. The van der Waals surface area contributed by atoms with Gasteiger partial charge in [-0.3, -0.25) is 0 Å². The summed E-state index contributed by atoms with van der Waals surface area (Å²) in [5.41, 5.74) is 22.9. The third kappa shape index (κ3) is 4.94. The van der Waals surface area contributed by atoms with E-state index in [0.29, 0.717) is 0 Å². The normalized spacial score (nSPS) is 15.2. The standard InChI is InChI=1S/C57H53BN2O/c1-54(2,3)32-16-20-35(21-17-32)60-49-30-45-40(36-22-18-33(55(4,5)6)26-44(36)57(45,10)11)28-41(49)38-23-24-39-42-29-43-37-14-12-13-15-50(37)61-51(43)31-48(42)59-47-25-19-34(56(7,8)9)27-46(47)58(60)52(38)53(39)59/h12-31H,1-11H3. The monoisotopic (exact) mass is 792 g/mol. The molecule has 3 aliphatic rings. The van der Waals surface area contributed by atoms with E-state index in [1.165, 1.54) is 99.9 Å². The summed E-state index contributed by atoms with van der Waals surface area (Å²) in [4.78, 5) is 2.70. The number of fused-ring (bicyclic) bond motifs is 14. The smallest absolute Gasteiger partial charge is 0.333 e. The summed E-state index contributed by atoms with van der Waals surface area (Å²) in [6.07, 6.45) is 0. The Balaban J connectivity index is 1.22. The number of furan rings is 1. The molecule has 61 heavy (non-hydrogen) atoms. The summed E-state index contributed by atoms with van der Waals surface area (Å²) in [5.74, 6) is 0. The van der Waals surface area contributed by atoms with Crippen LogP contribution in [-0.2, 0) is 21.7 Å². The first-order chi connectivity index (χ1) is 28.9. The van der Waals surface area contributed by atoms with Gasteiger partial charge in [0.1, 0.15) is 11.2 Å². The van der Waals surface area contributed by atoms with Gasteiger partial charge in [0.05, 0.1) is 11.0 Å². The second kappa shape index (κ2) is 11.7. The molecule has 4 heterocycles. The Morgan fingerprint density at radius 3 is 1.89 bits per heavy atom. The summed E-state index contributed by atoms with van der Waals surface area (Å²) in [5, 5.41) is 4.86. The van der Waals surface area contributed by atoms with Crippen molar-refractivity contribution in [2.75, 3.05) is 4.81 Å². The molecule has 0 fully saturated rings. The molecular weight excluding hydrogens is 739 g/mol. The molecular formula is C57H53BN2O. The Bertz CT molecular complexity index is 3390. The van der Waals surface area contributed by atoms with Crippen LogP contribution in [0, 0.1) is 0 Å². The lowest BCUT2D eigenvalue weighted by molar-refractivity contribution is 0.584. The van der Waals surface area contributed by atoms with Crippen LogP contribution in [0.15, 0.2) is 126 Å². The first kappa shape index (κ1) is 36.8. The number of para-hydroxylation sites is 1. The summed E-state index contributed by atoms with van der Waals surface area (Å²) in [6.45, 7) is 25.7. The zero-order valence-corrected chi connectivity index (χ0v) is 37.4. The maximum atomic E-state index is 6.58. The highest BCUT2D eigenvalue weighted by atomic mass is 16.3. The van der Waals surface area contributed by atoms with Crippen LogP contribution in [0.5, 0.6) is 0 Å². The van der Waals surface area contributed by atoms with E-state index in [4.69, 9.17) is 4.42 Å². The quantitative estimate of drug-likeness (QED) is 0.154. The lowest BCUT2D eigenvalue weighted by Gasteiger charge is -2.43. The Morgan fingerprint density at radius 2 is 1.15 bits per heavy atom. The number of hydrogen-bond acceptors (Lipinski definition) is 2. The minimum atomic E-state index is -0.162. The molecule has 3 nitrogen and oxygen atoms in total. The molecule has 0 saturated heterocycles. The average molecular weight is 793 g/mol. The van der Waals surface area contributed by atoms with E-state index in [1.54, 1.807) is 0 Å². The molecule has 0 spiro atoms. The van der Waals surface area contributed by atoms with E-state index in [0.717, 1.165) is 21.9 Å². The van der Waals surface area contributed by atoms with Crippen LogP contribution in [-0.4, -0.2) is 11.4 Å². The van der Waals surface area contributed by atoms with Crippen molar-refractivity contribution in [2.45, 2.75) is 97.8 Å². The Labute approximate surface area is 360 Å². The van der Waals surface area contributed by atoms with Gasteiger partial charge in [-0.15, -0.1) is 0 Å². The van der Waals surface area contributed by atoms with Crippen molar-refractivity contribution >= 4 is 72.9 Å². The molecule has 0 atom stereocenters. The molecule has 4 heteroatoms. The fourth-order valence-corrected chi connectivity index (χ4v) is 11.2. The highest BCUT2D eigenvalue weighted by Crippen LogP contribution is 2.55. The van der Waals surface area contributed by atoms with Gasteiger partial charge < -0.3 is 13.8 Å². The largest absolute Gasteiger partial charge is 0.456 e. The molecule has 1 aliphatic carbocycles. The SMILES string of the molecule is CC(C)(C)c1ccc(N2B3c4cc(C(C)(C)C)ccc4-n4c5cc6oc7ccccc7c6cc5c5ccc(c3c54)-c3cc4c(cc32)C(C)(C)c2cc(C(C)(C)C)ccc2-4)cc1. The molecule has 0 amide bonds. The van der Waals surface area contributed by atoms with E-state index >= 15 is 0 Å². The average Bonchev–Trinajstić information content (AvgIpc) is 3.82. The van der Waals surface area contributed by atoms with Crippen LogP contribution in [0.25, 0.3) is 71.7 Å². The Hall–Kier alpha value is -6.00. The number of aromatic nitrogens is 1. The van der Waals surface area contributed by atoms with E-state index in [9.17, 15) is 0 Å². The van der Waals surface area contributed by atoms with Crippen molar-refractivity contribution in [3.05, 3.63) is 149 Å². The number of benzene rings is 7. The van der Waals surface area contributed by atoms with Gasteiger partial charge in [-0.25, -0.2) is 0 Å². The van der Waals surface area contributed by atoms with Crippen molar-refractivity contribution in [2.24, 2.45) is 0 Å². The number of anilines is 2. The van der Waals surface area contributed by atoms with E-state index in [1.807, 2.05) is 0 Å². The molecule has 0 N–H and O–H groups in total. The number of rotatable bonds is 1. The third-order valence-corrected chi connectivity index (χ3v) is 14.6. The van der Waals surface area contributed by atoms with E-state index < -0.39 is 0 Å². The van der Waals surface area contributed by atoms with Crippen molar-refractivity contribution in [3.63, 3.8) is 0 Å². The van der Waals surface area contributed by atoms with Crippen LogP contribution in [0.4, 0.5) is 11.4 Å². The van der Waals surface area contributed by atoms with Crippen LogP contribution >= 0.6 is 0 Å². The first-order valence-corrected chi connectivity index (χ1v) is 22.2. The topological polar surface area (TPSA) is 21.3 Å². The number of nitrogens with zero attached hydrogens (tertiary/aromatic N) is 2. The molecule has 7 aromatic carbocycles. The fraction of sp³-hybridized carbons (Fsp3) is 0.263. The molecule has 0 unspecified atom stereocenters. The van der Waals surface area contributed by atoms with Gasteiger partial charge in [0.25, 0.3) is 0 Å². The molecule has 12 rings (SSSR count). The van der Waals surface area contributed by atoms with Crippen molar-refractivity contribution in [1.29, 1.82) is 0 Å². The second-order valence-corrected chi connectivity index (χ2v) is 21.9. The zero-order valence-electron chi connectivity index (χ0n) is 37.4. The van der Waals surface area contributed by atoms with Crippen molar-refractivity contribution in [3.8, 4) is 27.9 Å². The van der Waals surface area contributed by atoms with Gasteiger partial charge in [0.15, 0.2) is 0 Å². The van der Waals surface area contributed by atoms with E-state index in [2.05, 4.69) is 207 Å². The lowest BCUT2D eigenvalue weighted by atomic mass is 9.43. The molecule has 0 bridgehead atoms. The van der Waals surface area contributed by atoms with Gasteiger partial charge in [-0.1, -0.05) is 149 Å². The summed E-state index contributed by atoms with van der Waals surface area (Å²) >= 11 is 0. The predicted molar refractivity (Wildman–Crippen MR) is 261 cm³/mol. The predicted octanol–water partition coefficient (Wildman–Crippen LogP) is 14.1. The summed E-state index contributed by atoms with van der Waals surface area (Å²) in [7, 11) is 0. The first-order valence-electron chi connectivity index (χ1n) is 22.2. The van der Waals surface area contributed by atoms with Gasteiger partial charge >= 0.3 is 6.85 Å². The molecule has 0 saturated carbocycles. The van der Waals surface area contributed by atoms with Gasteiger partial charge in [0, 0.05) is 55.7 Å². The Kier molecular flexibility index (Phi) is 7.05. The maximum Gasteiger partial charge on any atom is 0.333 e. The van der Waals surface area contributed by atoms with Crippen LogP contribution in [0.1, 0.15) is 104 Å². The molecule has 300 valence electrons. The highest BCUT2D eigenvalue weighted by Gasteiger charge is 2.46. The zero-order chi connectivity index (χ0) is 42.3. The van der Waals surface area contributed by atoms with Crippen molar-refractivity contribution < 1.29 is 4.42 Å². The highest BCUT2D eigenvalue weighted by molar-refractivity contribution is 6.93. The minimum absolute atomic E-state index is 0.0301. The fourth-order valence-electron chi connectivity index (χ4n) is 11.2. The molecule has 2 aromatic heterocycles. The van der Waals surface area contributed by atoms with Gasteiger partial charge in [-0.05, 0) is 114 Å². The Morgan fingerprint density at radius 1 is 0.492 bits per heavy atom. The van der Waals surface area contributed by atoms with Gasteiger partial charge in [0.2, 0.25) is 0 Å². The minimum Gasteiger partial charge on any atom is -0.456 e. The second-order valence-electron chi connectivity index (χ2n) is 21.9. The maximum absolute atomic E-state index is 6.58.